The van der Waals surface area contributed by atoms with Crippen molar-refractivity contribution in [2.45, 2.75) is 26.8 Å². The molecule has 0 saturated carbocycles. The Morgan fingerprint density at radius 1 is 1.45 bits per heavy atom. The van der Waals surface area contributed by atoms with Gasteiger partial charge in [0.25, 0.3) is 0 Å². The molecule has 0 aromatic rings. The van der Waals surface area contributed by atoms with Gasteiger partial charge in [0, 0.05) is 6.04 Å². The Morgan fingerprint density at radius 3 is 2.64 bits per heavy atom. The maximum atomic E-state index is 3.48. The third-order valence-corrected chi connectivity index (χ3v) is 2.47. The van der Waals surface area contributed by atoms with Crippen LogP contribution in [0, 0.1) is 11.8 Å². The van der Waals surface area contributed by atoms with E-state index >= 15 is 0 Å². The van der Waals surface area contributed by atoms with Gasteiger partial charge in [-0.1, -0.05) is 20.8 Å². The molecular weight excluding hydrogens is 136 g/mol. The van der Waals surface area contributed by atoms with E-state index in [9.17, 15) is 0 Å². The van der Waals surface area contributed by atoms with Crippen molar-refractivity contribution in [3.8, 4) is 0 Å². The molecule has 1 heterocycles. The van der Waals surface area contributed by atoms with Gasteiger partial charge >= 0.3 is 0 Å². The van der Waals surface area contributed by atoms with Crippen LogP contribution in [0.25, 0.3) is 0 Å². The van der Waals surface area contributed by atoms with Crippen molar-refractivity contribution < 1.29 is 0 Å². The monoisotopic (exact) mass is 156 g/mol. The zero-order chi connectivity index (χ0) is 8.27. The van der Waals surface area contributed by atoms with E-state index in [-0.39, 0.29) is 0 Å². The normalized spacial score (nSPS) is 31.6. The second-order valence-corrected chi connectivity index (χ2v) is 3.96. The van der Waals surface area contributed by atoms with Gasteiger partial charge in [-0.2, -0.15) is 0 Å². The molecule has 2 nitrogen and oxygen atoms in total. The summed E-state index contributed by atoms with van der Waals surface area (Å²) in [6, 6.07) is 0.628. The van der Waals surface area contributed by atoms with Crippen LogP contribution in [-0.4, -0.2) is 25.7 Å². The molecule has 0 aromatic heterocycles. The van der Waals surface area contributed by atoms with E-state index in [4.69, 9.17) is 0 Å². The van der Waals surface area contributed by atoms with E-state index in [1.807, 2.05) is 0 Å². The van der Waals surface area contributed by atoms with E-state index in [0.29, 0.717) is 6.04 Å². The molecule has 1 saturated heterocycles. The molecule has 0 aliphatic carbocycles. The smallest absolute Gasteiger partial charge is 0.00105 e. The minimum atomic E-state index is 0.628. The first-order valence-corrected chi connectivity index (χ1v) is 4.64. The van der Waals surface area contributed by atoms with Crippen LogP contribution in [0.2, 0.25) is 0 Å². The highest BCUT2D eigenvalue weighted by molar-refractivity contribution is 4.79. The lowest BCUT2D eigenvalue weighted by Crippen LogP contribution is -2.31. The Morgan fingerprint density at radius 2 is 2.18 bits per heavy atom. The Hall–Kier alpha value is -0.0800. The first-order valence-electron chi connectivity index (χ1n) is 4.64. The topological polar surface area (TPSA) is 24.1 Å². The van der Waals surface area contributed by atoms with E-state index < -0.39 is 0 Å². The average molecular weight is 156 g/mol. The zero-order valence-corrected chi connectivity index (χ0v) is 7.85. The maximum Gasteiger partial charge on any atom is 0.00105 e. The second kappa shape index (κ2) is 4.07. The van der Waals surface area contributed by atoms with Crippen LogP contribution in [0.1, 0.15) is 20.8 Å². The fourth-order valence-electron chi connectivity index (χ4n) is 1.52. The van der Waals surface area contributed by atoms with Gasteiger partial charge < -0.3 is 10.6 Å². The molecular formula is C9H20N2. The fraction of sp³-hybridized carbons (Fsp3) is 1.00. The van der Waals surface area contributed by atoms with Crippen molar-refractivity contribution in [3.63, 3.8) is 0 Å². The fourth-order valence-corrected chi connectivity index (χ4v) is 1.52. The van der Waals surface area contributed by atoms with Crippen LogP contribution in [-0.2, 0) is 0 Å². The second-order valence-electron chi connectivity index (χ2n) is 3.96. The summed E-state index contributed by atoms with van der Waals surface area (Å²) in [5.41, 5.74) is 0. The van der Waals surface area contributed by atoms with E-state index in [1.54, 1.807) is 0 Å². The molecule has 0 spiro atoms. The third kappa shape index (κ3) is 2.80. The quantitative estimate of drug-likeness (QED) is 0.633. The summed E-state index contributed by atoms with van der Waals surface area (Å²) < 4.78 is 0. The summed E-state index contributed by atoms with van der Waals surface area (Å²) in [5, 5.41) is 6.88. The van der Waals surface area contributed by atoms with Crippen LogP contribution in [0.3, 0.4) is 0 Å². The van der Waals surface area contributed by atoms with Crippen LogP contribution < -0.4 is 10.6 Å². The molecule has 0 amide bonds. The Kier molecular flexibility index (Phi) is 3.34. The summed E-state index contributed by atoms with van der Waals surface area (Å²) in [6.45, 7) is 10.3. The Labute approximate surface area is 69.8 Å². The number of rotatable bonds is 3. The molecule has 0 aromatic carbocycles. The van der Waals surface area contributed by atoms with Crippen LogP contribution in [0.5, 0.6) is 0 Å². The van der Waals surface area contributed by atoms with Gasteiger partial charge in [-0.05, 0) is 31.5 Å². The Bertz CT molecular complexity index is 112. The van der Waals surface area contributed by atoms with Gasteiger partial charge in [0.2, 0.25) is 0 Å². The van der Waals surface area contributed by atoms with Gasteiger partial charge in [-0.25, -0.2) is 0 Å². The number of hydrogen-bond donors (Lipinski definition) is 2. The lowest BCUT2D eigenvalue weighted by atomic mass is 9.98. The molecule has 2 N–H and O–H groups in total. The van der Waals surface area contributed by atoms with Crippen molar-refractivity contribution >= 4 is 0 Å². The third-order valence-electron chi connectivity index (χ3n) is 2.47. The Balaban J connectivity index is 2.15. The van der Waals surface area contributed by atoms with Crippen molar-refractivity contribution in [3.05, 3.63) is 0 Å². The zero-order valence-electron chi connectivity index (χ0n) is 7.85. The molecule has 11 heavy (non-hydrogen) atoms. The first-order chi connectivity index (χ1) is 5.20. The highest BCUT2D eigenvalue weighted by atomic mass is 15.0. The predicted molar refractivity (Wildman–Crippen MR) is 48.7 cm³/mol. The summed E-state index contributed by atoms with van der Waals surface area (Å²) in [7, 11) is 0. The van der Waals surface area contributed by atoms with Crippen molar-refractivity contribution in [2.75, 3.05) is 19.6 Å². The lowest BCUT2D eigenvalue weighted by Gasteiger charge is -2.16. The molecule has 1 aliphatic rings. The standard InChI is InChI=1S/C9H20N2/c1-7(2)11-6-9-5-10-4-8(9)3/h7-11H,4-6H2,1-3H3/t8-,9+/m1/s1. The molecule has 0 bridgehead atoms. The molecule has 1 fully saturated rings. The van der Waals surface area contributed by atoms with E-state index in [1.165, 1.54) is 19.6 Å². The maximum absolute atomic E-state index is 3.48. The molecule has 0 radical (unpaired) electrons. The van der Waals surface area contributed by atoms with Crippen LogP contribution in [0.4, 0.5) is 0 Å². The van der Waals surface area contributed by atoms with E-state index in [2.05, 4.69) is 31.4 Å². The molecule has 0 unspecified atom stereocenters. The lowest BCUT2D eigenvalue weighted by molar-refractivity contribution is 0.403. The first kappa shape index (κ1) is 9.01. The highest BCUT2D eigenvalue weighted by Gasteiger charge is 2.22. The van der Waals surface area contributed by atoms with Gasteiger partial charge in [0.15, 0.2) is 0 Å². The van der Waals surface area contributed by atoms with Crippen molar-refractivity contribution in [1.82, 2.24) is 10.6 Å². The summed E-state index contributed by atoms with van der Waals surface area (Å²) in [4.78, 5) is 0. The van der Waals surface area contributed by atoms with E-state index in [0.717, 1.165) is 11.8 Å². The summed E-state index contributed by atoms with van der Waals surface area (Å²) in [6.07, 6.45) is 0. The van der Waals surface area contributed by atoms with Crippen molar-refractivity contribution in [1.29, 1.82) is 0 Å². The molecule has 66 valence electrons. The van der Waals surface area contributed by atoms with Crippen molar-refractivity contribution in [2.24, 2.45) is 11.8 Å². The van der Waals surface area contributed by atoms with Crippen LogP contribution >= 0.6 is 0 Å². The predicted octanol–water partition coefficient (Wildman–Crippen LogP) is 0.840. The molecule has 2 heteroatoms. The minimum Gasteiger partial charge on any atom is -0.316 e. The summed E-state index contributed by atoms with van der Waals surface area (Å²) >= 11 is 0. The van der Waals surface area contributed by atoms with Crippen LogP contribution in [0.15, 0.2) is 0 Å². The SMILES string of the molecule is CC(C)NC[C@@H]1CNC[C@H]1C. The number of nitrogens with one attached hydrogen (secondary N) is 2. The largest absolute Gasteiger partial charge is 0.316 e. The van der Waals surface area contributed by atoms with Gasteiger partial charge in [0.05, 0.1) is 0 Å². The van der Waals surface area contributed by atoms with Gasteiger partial charge in [-0.3, -0.25) is 0 Å². The minimum absolute atomic E-state index is 0.628. The van der Waals surface area contributed by atoms with Gasteiger partial charge in [-0.15, -0.1) is 0 Å². The molecule has 1 aliphatic heterocycles. The number of hydrogen-bond acceptors (Lipinski definition) is 2. The van der Waals surface area contributed by atoms with Gasteiger partial charge in [0.1, 0.15) is 0 Å². The summed E-state index contributed by atoms with van der Waals surface area (Å²) in [5.74, 6) is 1.69. The highest BCUT2D eigenvalue weighted by Crippen LogP contribution is 2.14. The average Bonchev–Trinajstić information content (AvgIpc) is 2.31. The molecule has 1 rings (SSSR count). The molecule has 2 atom stereocenters.